The summed E-state index contributed by atoms with van der Waals surface area (Å²) >= 11 is 0. The topological polar surface area (TPSA) is 173 Å². The number of nitrogens with two attached hydrogens (primary N) is 1. The van der Waals surface area contributed by atoms with Crippen molar-refractivity contribution in [3.05, 3.63) is 87.9 Å². The molecule has 10 nitrogen and oxygen atoms in total. The minimum Gasteiger partial charge on any atom is -0.510 e. The highest BCUT2D eigenvalue weighted by atomic mass is 16.3. The second-order valence-corrected chi connectivity index (χ2v) is 13.5. The molecule has 3 aliphatic carbocycles. The number of carbonyl (C=O) groups excluding carboxylic acids is 3. The van der Waals surface area contributed by atoms with Gasteiger partial charge >= 0.3 is 0 Å². The number of allylic oxidation sites excluding steroid dienone is 1. The molecule has 252 valence electrons. The Kier molecular flexibility index (Phi) is 8.70. The van der Waals surface area contributed by atoms with Gasteiger partial charge in [0.15, 0.2) is 11.4 Å². The van der Waals surface area contributed by atoms with Gasteiger partial charge in [-0.15, -0.1) is 0 Å². The van der Waals surface area contributed by atoms with Crippen LogP contribution in [0.2, 0.25) is 0 Å². The number of phenols is 1. The van der Waals surface area contributed by atoms with Crippen LogP contribution in [0.15, 0.2) is 71.2 Å². The molecule has 3 aliphatic rings. The van der Waals surface area contributed by atoms with Crippen LogP contribution in [0.5, 0.6) is 5.75 Å². The summed E-state index contributed by atoms with van der Waals surface area (Å²) in [6.45, 7) is 5.17. The largest absolute Gasteiger partial charge is 0.510 e. The lowest BCUT2D eigenvalue weighted by molar-refractivity contribution is -0.148. The fraction of sp³-hybridized carbons (Fsp3) is 0.395. The molecule has 7 N–H and O–H groups in total. The molecule has 5 atom stereocenters. The molecule has 0 bridgehead atoms. The monoisotopic (exact) mass is 653 g/mol. The van der Waals surface area contributed by atoms with E-state index in [2.05, 4.69) is 43.4 Å². The summed E-state index contributed by atoms with van der Waals surface area (Å²) in [5.41, 5.74) is 5.23. The number of amides is 1. The standard InChI is InChI=1S/C38H43N3O7/c1-5-9-21(40-6-2)16-19-12-13-24(23-11-8-7-10-22(19)23)25-14-15-28(42)30-26(25)17-20-18-27-32(41(3)4)34(44)31(37(39)47)36(46)38(27,48)35(45)29(20)33(30)43/h7-8,10-15,20-21,27,32,40,42,44-45,48H,5-6,9,16-18H2,1-4H3,(H2,39,47)/t20-,21?,27-,32-,38-/m0/s1. The van der Waals surface area contributed by atoms with Gasteiger partial charge in [0.25, 0.3) is 5.91 Å². The third-order valence-electron chi connectivity index (χ3n) is 10.5. The van der Waals surface area contributed by atoms with Crippen LogP contribution in [0.1, 0.15) is 54.6 Å². The molecule has 10 heteroatoms. The van der Waals surface area contributed by atoms with E-state index in [0.717, 1.165) is 47.7 Å². The van der Waals surface area contributed by atoms with E-state index in [1.165, 1.54) is 11.6 Å². The number of aliphatic hydroxyl groups is 3. The SMILES string of the molecule is CCCC(Cc1ccc(-c2ccc(O)c3c2C[C@H]2C[C@H]4[C@H](N(C)C)C(O)=C(C(N)=O)C(=O)[C@@]4(O)C(O)=C2C3=O)c2ccccc12)NCC. The van der Waals surface area contributed by atoms with Crippen LogP contribution in [0.25, 0.3) is 21.9 Å². The zero-order valence-corrected chi connectivity index (χ0v) is 27.7. The normalized spacial score (nSPS) is 24.5. The Bertz CT molecular complexity index is 1910. The molecular formula is C38H43N3O7. The molecule has 0 radical (unpaired) electrons. The minimum absolute atomic E-state index is 0.00315. The van der Waals surface area contributed by atoms with Gasteiger partial charge in [-0.1, -0.05) is 62.7 Å². The van der Waals surface area contributed by atoms with Gasteiger partial charge in [-0.05, 0) is 91.3 Å². The van der Waals surface area contributed by atoms with Gasteiger partial charge in [-0.3, -0.25) is 19.3 Å². The Labute approximate surface area is 279 Å². The number of primary amides is 1. The van der Waals surface area contributed by atoms with Crippen LogP contribution < -0.4 is 11.1 Å². The number of ketones is 2. The number of hydrogen-bond donors (Lipinski definition) is 6. The van der Waals surface area contributed by atoms with Crippen LogP contribution in [0.4, 0.5) is 0 Å². The third-order valence-corrected chi connectivity index (χ3v) is 10.5. The number of benzene rings is 3. The molecular weight excluding hydrogens is 610 g/mol. The smallest absolute Gasteiger partial charge is 0.255 e. The van der Waals surface area contributed by atoms with Crippen LogP contribution in [-0.2, 0) is 22.4 Å². The summed E-state index contributed by atoms with van der Waals surface area (Å²) in [6.07, 6.45) is 3.23. The quantitative estimate of drug-likeness (QED) is 0.185. The lowest BCUT2D eigenvalue weighted by Gasteiger charge is -2.50. The average Bonchev–Trinajstić information content (AvgIpc) is 3.03. The number of phenolic OH excluding ortho intramolecular Hbond substituents is 1. The highest BCUT2D eigenvalue weighted by Gasteiger charge is 2.63. The van der Waals surface area contributed by atoms with Crippen LogP contribution in [0.3, 0.4) is 0 Å². The number of rotatable bonds is 9. The zero-order chi connectivity index (χ0) is 34.7. The van der Waals surface area contributed by atoms with E-state index in [-0.39, 0.29) is 29.7 Å². The van der Waals surface area contributed by atoms with Gasteiger partial charge in [-0.2, -0.15) is 0 Å². The van der Waals surface area contributed by atoms with Crippen molar-refractivity contribution in [2.45, 2.75) is 63.6 Å². The lowest BCUT2D eigenvalue weighted by Crippen LogP contribution is -2.63. The first-order valence-corrected chi connectivity index (χ1v) is 16.6. The Morgan fingerprint density at radius 3 is 2.35 bits per heavy atom. The number of nitrogens with zero attached hydrogens (tertiary/aromatic N) is 1. The summed E-state index contributed by atoms with van der Waals surface area (Å²) in [5.74, 6) is -6.69. The molecule has 6 rings (SSSR count). The Hall–Kier alpha value is -4.51. The van der Waals surface area contributed by atoms with Crippen molar-refractivity contribution in [3.63, 3.8) is 0 Å². The summed E-state index contributed by atoms with van der Waals surface area (Å²) in [4.78, 5) is 41.7. The molecule has 3 aromatic carbocycles. The number of aromatic hydroxyl groups is 1. The van der Waals surface area contributed by atoms with Gasteiger partial charge in [-0.25, -0.2) is 0 Å². The average molecular weight is 654 g/mol. The van der Waals surface area contributed by atoms with E-state index in [1.807, 2.05) is 12.1 Å². The van der Waals surface area contributed by atoms with Crippen molar-refractivity contribution in [3.8, 4) is 16.9 Å². The maximum atomic E-state index is 14.3. The number of fused-ring (bicyclic) bond motifs is 4. The van der Waals surface area contributed by atoms with Crippen molar-refractivity contribution in [2.75, 3.05) is 20.6 Å². The number of carbonyl (C=O) groups is 3. The van der Waals surface area contributed by atoms with Gasteiger partial charge in [0.1, 0.15) is 22.8 Å². The van der Waals surface area contributed by atoms with Gasteiger partial charge in [0, 0.05) is 17.5 Å². The van der Waals surface area contributed by atoms with E-state index in [4.69, 9.17) is 5.73 Å². The maximum Gasteiger partial charge on any atom is 0.255 e. The predicted octanol–water partition coefficient (Wildman–Crippen LogP) is 4.26. The summed E-state index contributed by atoms with van der Waals surface area (Å²) in [5, 5.41) is 51.4. The zero-order valence-electron chi connectivity index (χ0n) is 27.7. The first-order valence-electron chi connectivity index (χ1n) is 16.6. The molecule has 1 amide bonds. The van der Waals surface area contributed by atoms with Crippen LogP contribution in [-0.4, -0.2) is 81.1 Å². The molecule has 48 heavy (non-hydrogen) atoms. The highest BCUT2D eigenvalue weighted by molar-refractivity contribution is 6.25. The Balaban J connectivity index is 1.50. The van der Waals surface area contributed by atoms with Crippen molar-refractivity contribution < 1.29 is 34.8 Å². The first kappa shape index (κ1) is 33.4. The number of nitrogens with one attached hydrogen (secondary N) is 1. The number of hydrogen-bond acceptors (Lipinski definition) is 9. The molecule has 0 spiro atoms. The predicted molar refractivity (Wildman–Crippen MR) is 183 cm³/mol. The van der Waals surface area contributed by atoms with Crippen molar-refractivity contribution >= 4 is 28.2 Å². The second kappa shape index (κ2) is 12.5. The highest BCUT2D eigenvalue weighted by Crippen LogP contribution is 2.53. The van der Waals surface area contributed by atoms with Gasteiger partial charge < -0.3 is 31.5 Å². The van der Waals surface area contributed by atoms with Crippen LogP contribution in [0, 0.1) is 11.8 Å². The van der Waals surface area contributed by atoms with E-state index in [1.54, 1.807) is 25.1 Å². The molecule has 3 aromatic rings. The minimum atomic E-state index is -2.67. The molecule has 0 aromatic heterocycles. The summed E-state index contributed by atoms with van der Waals surface area (Å²) in [6, 6.07) is 14.9. The molecule has 0 saturated carbocycles. The van der Waals surface area contributed by atoms with Gasteiger partial charge in [0.05, 0.1) is 11.6 Å². The third kappa shape index (κ3) is 5.01. The summed E-state index contributed by atoms with van der Waals surface area (Å²) in [7, 11) is 3.22. The number of aliphatic hydroxyl groups excluding tert-OH is 2. The van der Waals surface area contributed by atoms with Crippen molar-refractivity contribution in [1.82, 2.24) is 10.2 Å². The van der Waals surface area contributed by atoms with E-state index < -0.39 is 58.0 Å². The molecule has 0 fully saturated rings. The lowest BCUT2D eigenvalue weighted by atomic mass is 9.58. The fourth-order valence-electron chi connectivity index (χ4n) is 8.46. The van der Waals surface area contributed by atoms with Gasteiger partial charge in [0.2, 0.25) is 5.78 Å². The Morgan fingerprint density at radius 2 is 1.71 bits per heavy atom. The number of likely N-dealkylation sites (N-methyl/N-ethyl adjacent to an activating group) is 2. The Morgan fingerprint density at radius 1 is 1.02 bits per heavy atom. The van der Waals surface area contributed by atoms with E-state index in [0.29, 0.717) is 11.6 Å². The first-order chi connectivity index (χ1) is 22.9. The number of Topliss-reactive ketones (excluding diaryl/α,β-unsaturated/α-hetero) is 2. The summed E-state index contributed by atoms with van der Waals surface area (Å²) < 4.78 is 0. The van der Waals surface area contributed by atoms with Crippen LogP contribution >= 0.6 is 0 Å². The van der Waals surface area contributed by atoms with Crippen molar-refractivity contribution in [1.29, 1.82) is 0 Å². The van der Waals surface area contributed by atoms with Crippen molar-refractivity contribution in [2.24, 2.45) is 17.6 Å². The molecule has 0 heterocycles. The molecule has 0 saturated heterocycles. The second-order valence-electron chi connectivity index (χ2n) is 13.5. The molecule has 0 aliphatic heterocycles. The van der Waals surface area contributed by atoms with E-state index in [9.17, 15) is 34.8 Å². The molecule has 1 unspecified atom stereocenters. The van der Waals surface area contributed by atoms with E-state index >= 15 is 0 Å². The maximum absolute atomic E-state index is 14.3. The fourth-order valence-corrected chi connectivity index (χ4v) is 8.46.